The second kappa shape index (κ2) is 7.23. The maximum absolute atomic E-state index is 12.0. The smallest absolute Gasteiger partial charge is 0.276 e. The molecule has 0 atom stereocenters. The molecule has 0 aromatic heterocycles. The van der Waals surface area contributed by atoms with Crippen LogP contribution in [0.1, 0.15) is 11.1 Å². The predicted octanol–water partition coefficient (Wildman–Crippen LogP) is 3.79. The van der Waals surface area contributed by atoms with Crippen LogP contribution in [0.5, 0.6) is 5.75 Å². The fraction of sp³-hybridized carbons (Fsp3) is 0.0556. The summed E-state index contributed by atoms with van der Waals surface area (Å²) in [5.41, 5.74) is 2.54. The lowest BCUT2D eigenvalue weighted by atomic mass is 10.1. The lowest BCUT2D eigenvalue weighted by molar-refractivity contribution is -0.110. The van der Waals surface area contributed by atoms with Crippen molar-refractivity contribution >= 4 is 39.5 Å². The van der Waals surface area contributed by atoms with E-state index in [4.69, 9.17) is 4.74 Å². The van der Waals surface area contributed by atoms with Gasteiger partial charge in [0.25, 0.3) is 5.91 Å². The molecule has 0 saturated heterocycles. The van der Waals surface area contributed by atoms with Gasteiger partial charge in [-0.05, 0) is 24.3 Å². The van der Waals surface area contributed by atoms with Crippen LogP contribution in [0, 0.1) is 0 Å². The average Bonchev–Trinajstić information content (AvgIpc) is 2.90. The molecular formula is C18H14BrN3O2. The average molecular weight is 384 g/mol. The highest BCUT2D eigenvalue weighted by molar-refractivity contribution is 9.10. The Hall–Kier alpha value is -2.73. The van der Waals surface area contributed by atoms with E-state index < -0.39 is 0 Å². The quantitative estimate of drug-likeness (QED) is 0.484. The number of fused-ring (bicyclic) bond motifs is 1. The number of carbonyl (C=O) groups excluding carboxylic acids is 1. The summed E-state index contributed by atoms with van der Waals surface area (Å²) in [5, 5.41) is 10.9. The van der Waals surface area contributed by atoms with E-state index in [0.29, 0.717) is 18.1 Å². The third kappa shape index (κ3) is 3.44. The van der Waals surface area contributed by atoms with E-state index in [-0.39, 0.29) is 5.91 Å². The Balaban J connectivity index is 1.88. The molecule has 5 nitrogen and oxygen atoms in total. The standard InChI is InChI=1S/C18H14BrN3O2/c1-2-9-24-16-8-7-13(19)10-12(16)11-20-22-17-14-5-3-4-6-15(14)21-18(17)23/h2-8,10-11H,1,9H2,(H,21,22,23)/b20-11+. The lowest BCUT2D eigenvalue weighted by Crippen LogP contribution is -2.13. The molecule has 0 bridgehead atoms. The van der Waals surface area contributed by atoms with Crippen molar-refractivity contribution in [3.8, 4) is 5.75 Å². The first-order valence-electron chi connectivity index (χ1n) is 7.24. The molecule has 1 amide bonds. The number of carbonyl (C=O) groups is 1. The molecule has 0 fully saturated rings. The number of halogens is 1. The van der Waals surface area contributed by atoms with Crippen molar-refractivity contribution < 1.29 is 9.53 Å². The van der Waals surface area contributed by atoms with Gasteiger partial charge in [-0.1, -0.05) is 46.8 Å². The Bertz CT molecular complexity index is 859. The van der Waals surface area contributed by atoms with Gasteiger partial charge < -0.3 is 10.1 Å². The number of nitrogens with one attached hydrogen (secondary N) is 1. The van der Waals surface area contributed by atoms with Gasteiger partial charge in [0.1, 0.15) is 12.4 Å². The maximum Gasteiger partial charge on any atom is 0.276 e. The minimum atomic E-state index is -0.259. The van der Waals surface area contributed by atoms with Crippen molar-refractivity contribution in [1.82, 2.24) is 0 Å². The van der Waals surface area contributed by atoms with Crippen molar-refractivity contribution in [2.75, 3.05) is 11.9 Å². The molecule has 120 valence electrons. The molecule has 1 aliphatic rings. The van der Waals surface area contributed by atoms with Crippen LogP contribution in [0.25, 0.3) is 0 Å². The minimum absolute atomic E-state index is 0.259. The summed E-state index contributed by atoms with van der Waals surface area (Å²) in [7, 11) is 0. The first-order chi connectivity index (χ1) is 11.7. The van der Waals surface area contributed by atoms with Crippen LogP contribution in [0.3, 0.4) is 0 Å². The van der Waals surface area contributed by atoms with E-state index in [1.54, 1.807) is 12.3 Å². The molecule has 1 N–H and O–H groups in total. The van der Waals surface area contributed by atoms with Crippen molar-refractivity contribution in [2.45, 2.75) is 0 Å². The van der Waals surface area contributed by atoms with Crippen LogP contribution >= 0.6 is 15.9 Å². The topological polar surface area (TPSA) is 63.1 Å². The molecule has 0 radical (unpaired) electrons. The number of hydrogen-bond donors (Lipinski definition) is 1. The number of nitrogens with zero attached hydrogens (tertiary/aromatic N) is 2. The zero-order valence-electron chi connectivity index (χ0n) is 12.7. The Morgan fingerprint density at radius 1 is 1.25 bits per heavy atom. The Morgan fingerprint density at radius 3 is 2.92 bits per heavy atom. The second-order valence-electron chi connectivity index (χ2n) is 4.97. The molecule has 2 aromatic rings. The van der Waals surface area contributed by atoms with Gasteiger partial charge in [0.05, 0.1) is 11.9 Å². The van der Waals surface area contributed by atoms with Gasteiger partial charge in [-0.25, -0.2) is 0 Å². The number of ether oxygens (including phenoxy) is 1. The SMILES string of the molecule is C=CCOc1ccc(Br)cc1/C=N/N=C1\C(=O)Nc2ccccc21. The van der Waals surface area contributed by atoms with Crippen LogP contribution in [0.2, 0.25) is 0 Å². The lowest BCUT2D eigenvalue weighted by Gasteiger charge is -2.06. The summed E-state index contributed by atoms with van der Waals surface area (Å²) in [5.74, 6) is 0.407. The third-order valence-electron chi connectivity index (χ3n) is 3.33. The predicted molar refractivity (Wildman–Crippen MR) is 99.0 cm³/mol. The largest absolute Gasteiger partial charge is 0.489 e. The summed E-state index contributed by atoms with van der Waals surface area (Å²) >= 11 is 3.42. The zero-order valence-corrected chi connectivity index (χ0v) is 14.3. The highest BCUT2D eigenvalue weighted by Gasteiger charge is 2.25. The van der Waals surface area contributed by atoms with E-state index in [0.717, 1.165) is 21.3 Å². The zero-order chi connectivity index (χ0) is 16.9. The molecule has 24 heavy (non-hydrogen) atoms. The van der Waals surface area contributed by atoms with Crippen LogP contribution in [0.4, 0.5) is 5.69 Å². The summed E-state index contributed by atoms with van der Waals surface area (Å²) in [6.45, 7) is 4.03. The van der Waals surface area contributed by atoms with Crippen molar-refractivity contribution in [3.63, 3.8) is 0 Å². The Morgan fingerprint density at radius 2 is 2.08 bits per heavy atom. The summed E-state index contributed by atoms with van der Waals surface area (Å²) < 4.78 is 6.48. The summed E-state index contributed by atoms with van der Waals surface area (Å²) in [6, 6.07) is 12.9. The first-order valence-corrected chi connectivity index (χ1v) is 8.03. The normalized spacial score (nSPS) is 14.7. The van der Waals surface area contributed by atoms with E-state index >= 15 is 0 Å². The van der Waals surface area contributed by atoms with Gasteiger partial charge in [0.15, 0.2) is 5.71 Å². The number of rotatable bonds is 5. The molecule has 6 heteroatoms. The molecule has 0 spiro atoms. The van der Waals surface area contributed by atoms with Gasteiger partial charge in [-0.3, -0.25) is 4.79 Å². The minimum Gasteiger partial charge on any atom is -0.489 e. The van der Waals surface area contributed by atoms with Crippen LogP contribution < -0.4 is 10.1 Å². The van der Waals surface area contributed by atoms with Crippen molar-refractivity contribution in [3.05, 3.63) is 70.7 Å². The molecule has 1 heterocycles. The van der Waals surface area contributed by atoms with Gasteiger partial charge in [-0.15, -0.1) is 5.10 Å². The summed E-state index contributed by atoms with van der Waals surface area (Å²) in [4.78, 5) is 12.0. The van der Waals surface area contributed by atoms with E-state index in [9.17, 15) is 4.79 Å². The van der Waals surface area contributed by atoms with Gasteiger partial charge in [0, 0.05) is 15.6 Å². The molecule has 3 rings (SSSR count). The van der Waals surface area contributed by atoms with E-state index in [1.807, 2.05) is 42.5 Å². The fourth-order valence-corrected chi connectivity index (χ4v) is 2.63. The molecule has 0 unspecified atom stereocenters. The number of benzene rings is 2. The first kappa shape index (κ1) is 16.1. The van der Waals surface area contributed by atoms with Crippen molar-refractivity contribution in [2.24, 2.45) is 10.2 Å². The fourth-order valence-electron chi connectivity index (χ4n) is 2.25. The number of hydrogen-bond acceptors (Lipinski definition) is 4. The second-order valence-corrected chi connectivity index (χ2v) is 5.89. The Labute approximate surface area is 147 Å². The van der Waals surface area contributed by atoms with E-state index in [1.165, 1.54) is 0 Å². The monoisotopic (exact) mass is 383 g/mol. The van der Waals surface area contributed by atoms with Gasteiger partial charge in [-0.2, -0.15) is 5.10 Å². The molecule has 1 aliphatic heterocycles. The molecular weight excluding hydrogens is 370 g/mol. The third-order valence-corrected chi connectivity index (χ3v) is 3.82. The van der Waals surface area contributed by atoms with Gasteiger partial charge in [0.2, 0.25) is 0 Å². The molecule has 2 aromatic carbocycles. The molecule has 0 aliphatic carbocycles. The number of anilines is 1. The number of para-hydroxylation sites is 1. The van der Waals surface area contributed by atoms with Gasteiger partial charge >= 0.3 is 0 Å². The number of amides is 1. The highest BCUT2D eigenvalue weighted by atomic mass is 79.9. The van der Waals surface area contributed by atoms with E-state index in [2.05, 4.69) is 38.0 Å². The Kier molecular flexibility index (Phi) is 4.86. The van der Waals surface area contributed by atoms with Crippen LogP contribution in [0.15, 0.2) is 69.8 Å². The molecule has 0 saturated carbocycles. The maximum atomic E-state index is 12.0. The van der Waals surface area contributed by atoms with Crippen LogP contribution in [-0.2, 0) is 4.79 Å². The highest BCUT2D eigenvalue weighted by Crippen LogP contribution is 2.24. The summed E-state index contributed by atoms with van der Waals surface area (Å²) in [6.07, 6.45) is 3.23. The van der Waals surface area contributed by atoms with Crippen LogP contribution in [-0.4, -0.2) is 24.4 Å². The van der Waals surface area contributed by atoms with Crippen molar-refractivity contribution in [1.29, 1.82) is 0 Å².